The topological polar surface area (TPSA) is 52.4 Å². The smallest absolute Gasteiger partial charge is 0.227 e. The van der Waals surface area contributed by atoms with E-state index in [1.165, 1.54) is 7.11 Å². The molecule has 2 aromatic rings. The maximum atomic E-state index is 14.2. The third-order valence-corrected chi connectivity index (χ3v) is 5.48. The van der Waals surface area contributed by atoms with Crippen LogP contribution in [0.1, 0.15) is 49.0 Å². The molecule has 0 amide bonds. The van der Waals surface area contributed by atoms with Crippen LogP contribution < -0.4 is 9.64 Å². The highest BCUT2D eigenvalue weighted by Gasteiger charge is 2.32. The molecule has 0 aliphatic carbocycles. The molecular weight excluding hydrogens is 335 g/mol. The second-order valence-corrected chi connectivity index (χ2v) is 7.08. The largest absolute Gasteiger partial charge is 0.494 e. The van der Waals surface area contributed by atoms with Gasteiger partial charge in [-0.25, -0.2) is 4.39 Å². The van der Waals surface area contributed by atoms with Crippen LogP contribution in [0.2, 0.25) is 0 Å². The van der Waals surface area contributed by atoms with Crippen LogP contribution in [0.15, 0.2) is 18.2 Å². The average Bonchev–Trinajstić information content (AvgIpc) is 3.28. The van der Waals surface area contributed by atoms with Gasteiger partial charge in [-0.2, -0.15) is 0 Å². The molecule has 26 heavy (non-hydrogen) atoms. The van der Waals surface area contributed by atoms with Gasteiger partial charge in [-0.3, -0.25) is 0 Å². The summed E-state index contributed by atoms with van der Waals surface area (Å²) in [6, 6.07) is 5.32. The van der Waals surface area contributed by atoms with Gasteiger partial charge in [0, 0.05) is 26.1 Å². The lowest BCUT2D eigenvalue weighted by Crippen LogP contribution is -2.26. The molecular formula is C19H25FN4O2. The molecule has 3 heterocycles. The number of benzene rings is 1. The Bertz CT molecular complexity index is 773. The minimum Gasteiger partial charge on any atom is -0.494 e. The first-order valence-corrected chi connectivity index (χ1v) is 9.26. The maximum Gasteiger partial charge on any atom is 0.227 e. The summed E-state index contributed by atoms with van der Waals surface area (Å²) >= 11 is 0. The third kappa shape index (κ3) is 3.05. The van der Waals surface area contributed by atoms with E-state index in [-0.39, 0.29) is 17.6 Å². The second kappa shape index (κ2) is 7.23. The van der Waals surface area contributed by atoms with Crippen molar-refractivity contribution in [2.24, 2.45) is 7.05 Å². The first-order valence-electron chi connectivity index (χ1n) is 9.26. The van der Waals surface area contributed by atoms with Crippen LogP contribution in [0, 0.1) is 5.82 Å². The molecule has 6 nitrogen and oxygen atoms in total. The SMILES string of the molecule is COc1ccc(C2CCCN2c2nnc(C3CCCOC3)n2C)cc1F. The van der Waals surface area contributed by atoms with Crippen molar-refractivity contribution >= 4 is 5.95 Å². The summed E-state index contributed by atoms with van der Waals surface area (Å²) in [5.41, 5.74) is 0.950. The van der Waals surface area contributed by atoms with Crippen molar-refractivity contribution in [2.45, 2.75) is 37.6 Å². The number of hydrogen-bond donors (Lipinski definition) is 0. The van der Waals surface area contributed by atoms with Crippen LogP contribution in [0.25, 0.3) is 0 Å². The number of hydrogen-bond acceptors (Lipinski definition) is 5. The maximum absolute atomic E-state index is 14.2. The van der Waals surface area contributed by atoms with E-state index in [1.807, 2.05) is 13.1 Å². The van der Waals surface area contributed by atoms with E-state index in [2.05, 4.69) is 19.7 Å². The summed E-state index contributed by atoms with van der Waals surface area (Å²) in [6.07, 6.45) is 4.16. The Morgan fingerprint density at radius 3 is 2.85 bits per heavy atom. The fourth-order valence-corrected chi connectivity index (χ4v) is 4.13. The van der Waals surface area contributed by atoms with Gasteiger partial charge in [0.2, 0.25) is 5.95 Å². The molecule has 140 valence electrons. The minimum absolute atomic E-state index is 0.105. The zero-order chi connectivity index (χ0) is 18.1. The van der Waals surface area contributed by atoms with Gasteiger partial charge in [0.1, 0.15) is 5.82 Å². The lowest BCUT2D eigenvalue weighted by Gasteiger charge is -2.27. The third-order valence-electron chi connectivity index (χ3n) is 5.48. The molecule has 7 heteroatoms. The Labute approximate surface area is 152 Å². The summed E-state index contributed by atoms with van der Waals surface area (Å²) < 4.78 is 26.9. The number of halogens is 1. The van der Waals surface area contributed by atoms with Crippen molar-refractivity contribution in [3.8, 4) is 5.75 Å². The van der Waals surface area contributed by atoms with E-state index in [4.69, 9.17) is 9.47 Å². The predicted octanol–water partition coefficient (Wildman–Crippen LogP) is 3.20. The lowest BCUT2D eigenvalue weighted by molar-refractivity contribution is 0.0772. The molecule has 4 rings (SSSR count). The number of anilines is 1. The van der Waals surface area contributed by atoms with Gasteiger partial charge < -0.3 is 18.9 Å². The molecule has 2 atom stereocenters. The van der Waals surface area contributed by atoms with E-state index in [0.717, 1.165) is 56.2 Å². The molecule has 0 N–H and O–H groups in total. The van der Waals surface area contributed by atoms with Crippen molar-refractivity contribution in [2.75, 3.05) is 31.8 Å². The Morgan fingerprint density at radius 2 is 2.12 bits per heavy atom. The Hall–Kier alpha value is -2.15. The lowest BCUT2D eigenvalue weighted by atomic mass is 10.0. The number of methoxy groups -OCH3 is 1. The van der Waals surface area contributed by atoms with Gasteiger partial charge >= 0.3 is 0 Å². The first-order chi connectivity index (χ1) is 12.7. The normalized spacial score (nSPS) is 23.4. The van der Waals surface area contributed by atoms with Crippen LogP contribution in [-0.2, 0) is 11.8 Å². The zero-order valence-electron chi connectivity index (χ0n) is 15.3. The molecule has 0 radical (unpaired) electrons. The van der Waals surface area contributed by atoms with E-state index in [9.17, 15) is 4.39 Å². The summed E-state index contributed by atoms with van der Waals surface area (Å²) in [5.74, 6) is 2.08. The molecule has 2 aliphatic rings. The molecule has 1 aromatic heterocycles. The standard InChI is InChI=1S/C19H25FN4O2/c1-23-18(14-5-4-10-26-12-14)21-22-19(23)24-9-3-6-16(24)13-7-8-17(25-2)15(20)11-13/h7-8,11,14,16H,3-6,9-10,12H2,1-2H3. The second-order valence-electron chi connectivity index (χ2n) is 7.08. The van der Waals surface area contributed by atoms with Crippen LogP contribution in [0.5, 0.6) is 5.75 Å². The number of aromatic nitrogens is 3. The molecule has 2 unspecified atom stereocenters. The van der Waals surface area contributed by atoms with Gasteiger partial charge in [0.15, 0.2) is 11.6 Å². The predicted molar refractivity (Wildman–Crippen MR) is 96.1 cm³/mol. The molecule has 0 spiro atoms. The zero-order valence-corrected chi connectivity index (χ0v) is 15.3. The van der Waals surface area contributed by atoms with Crippen LogP contribution in [-0.4, -0.2) is 41.6 Å². The van der Waals surface area contributed by atoms with Crippen molar-refractivity contribution < 1.29 is 13.9 Å². The summed E-state index contributed by atoms with van der Waals surface area (Å²) in [7, 11) is 3.50. The van der Waals surface area contributed by atoms with Gasteiger partial charge in [0.05, 0.1) is 19.8 Å². The van der Waals surface area contributed by atoms with E-state index < -0.39 is 0 Å². The van der Waals surface area contributed by atoms with Crippen molar-refractivity contribution in [1.29, 1.82) is 0 Å². The van der Waals surface area contributed by atoms with Gasteiger partial charge in [-0.15, -0.1) is 10.2 Å². The Kier molecular flexibility index (Phi) is 4.80. The van der Waals surface area contributed by atoms with E-state index in [1.54, 1.807) is 12.1 Å². The Morgan fingerprint density at radius 1 is 1.23 bits per heavy atom. The number of rotatable bonds is 4. The molecule has 0 saturated carbocycles. The highest BCUT2D eigenvalue weighted by Crippen LogP contribution is 2.37. The number of ether oxygens (including phenoxy) is 2. The molecule has 2 saturated heterocycles. The highest BCUT2D eigenvalue weighted by molar-refractivity contribution is 5.41. The monoisotopic (exact) mass is 360 g/mol. The average molecular weight is 360 g/mol. The number of nitrogens with zero attached hydrogens (tertiary/aromatic N) is 4. The van der Waals surface area contributed by atoms with Crippen molar-refractivity contribution in [1.82, 2.24) is 14.8 Å². The minimum atomic E-state index is -0.324. The van der Waals surface area contributed by atoms with Crippen LogP contribution in [0.3, 0.4) is 0 Å². The molecule has 2 fully saturated rings. The van der Waals surface area contributed by atoms with Crippen LogP contribution in [0.4, 0.5) is 10.3 Å². The molecule has 2 aliphatic heterocycles. The fourth-order valence-electron chi connectivity index (χ4n) is 4.13. The quantitative estimate of drug-likeness (QED) is 0.838. The summed E-state index contributed by atoms with van der Waals surface area (Å²) in [4.78, 5) is 2.24. The molecule has 1 aromatic carbocycles. The van der Waals surface area contributed by atoms with Crippen molar-refractivity contribution in [3.63, 3.8) is 0 Å². The van der Waals surface area contributed by atoms with Gasteiger partial charge in [-0.1, -0.05) is 6.07 Å². The first kappa shape index (κ1) is 17.3. The van der Waals surface area contributed by atoms with Gasteiger partial charge in [-0.05, 0) is 43.4 Å². The summed E-state index contributed by atoms with van der Waals surface area (Å²) in [6.45, 7) is 2.43. The van der Waals surface area contributed by atoms with Crippen molar-refractivity contribution in [3.05, 3.63) is 35.4 Å². The molecule has 0 bridgehead atoms. The van der Waals surface area contributed by atoms with E-state index >= 15 is 0 Å². The van der Waals surface area contributed by atoms with Gasteiger partial charge in [0.25, 0.3) is 0 Å². The fraction of sp³-hybridized carbons (Fsp3) is 0.579. The van der Waals surface area contributed by atoms with Crippen LogP contribution >= 0.6 is 0 Å². The summed E-state index contributed by atoms with van der Waals surface area (Å²) in [5, 5.41) is 8.92. The van der Waals surface area contributed by atoms with E-state index in [0.29, 0.717) is 12.5 Å². The Balaban J connectivity index is 1.61. The highest BCUT2D eigenvalue weighted by atomic mass is 19.1.